The highest BCUT2D eigenvalue weighted by Crippen LogP contribution is 2.49. The molecule has 0 bridgehead atoms. The predicted molar refractivity (Wildman–Crippen MR) is 175 cm³/mol. The summed E-state index contributed by atoms with van der Waals surface area (Å²) in [6, 6.07) is 17.1. The van der Waals surface area contributed by atoms with Crippen molar-refractivity contribution in [1.29, 1.82) is 0 Å². The lowest BCUT2D eigenvalue weighted by molar-refractivity contribution is -0.137. The molecule has 2 fully saturated rings. The van der Waals surface area contributed by atoms with E-state index in [1.807, 2.05) is 43.3 Å². The number of carbonyl (C=O) groups is 2. The van der Waals surface area contributed by atoms with Gasteiger partial charge in [-0.15, -0.1) is 11.3 Å². The molecule has 0 spiro atoms. The van der Waals surface area contributed by atoms with Crippen LogP contribution in [0, 0.1) is 0 Å². The minimum atomic E-state index is -1.16. The molecule has 1 saturated carbocycles. The summed E-state index contributed by atoms with van der Waals surface area (Å²) >= 11 is 7.62. The molecular weight excluding hydrogens is 587 g/mol. The van der Waals surface area contributed by atoms with Crippen LogP contribution in [0.15, 0.2) is 53.3 Å². The van der Waals surface area contributed by atoms with E-state index in [1.54, 1.807) is 0 Å². The number of carbonyl (C=O) groups excluding carboxylic acids is 1. The molecule has 7 nitrogen and oxygen atoms in total. The second-order valence-corrected chi connectivity index (χ2v) is 13.3. The van der Waals surface area contributed by atoms with Gasteiger partial charge in [0.1, 0.15) is 20.4 Å². The summed E-state index contributed by atoms with van der Waals surface area (Å²) in [7, 11) is 0. The van der Waals surface area contributed by atoms with E-state index in [9.17, 15) is 19.5 Å². The lowest BCUT2D eigenvalue weighted by Crippen LogP contribution is -2.35. The fraction of sp³-hybridized carbons (Fsp3) is 0.312. The molecular formula is C32H31N3O4S3. The van der Waals surface area contributed by atoms with E-state index in [0.717, 1.165) is 46.3 Å². The minimum absolute atomic E-state index is 0.292. The van der Waals surface area contributed by atoms with Gasteiger partial charge in [0.15, 0.2) is 0 Å². The first-order valence-electron chi connectivity index (χ1n) is 14.2. The highest BCUT2D eigenvalue weighted by atomic mass is 32.2. The molecule has 10 heteroatoms. The van der Waals surface area contributed by atoms with Gasteiger partial charge in [0.25, 0.3) is 11.5 Å². The Balaban J connectivity index is 1.52. The van der Waals surface area contributed by atoms with Crippen LogP contribution in [0.1, 0.15) is 55.7 Å². The Labute approximate surface area is 257 Å². The zero-order valence-corrected chi connectivity index (χ0v) is 25.9. The number of benzene rings is 2. The van der Waals surface area contributed by atoms with Crippen molar-refractivity contribution >= 4 is 79.8 Å². The molecule has 42 heavy (non-hydrogen) atoms. The number of rotatable bonds is 7. The van der Waals surface area contributed by atoms with Crippen LogP contribution in [0.5, 0.6) is 0 Å². The number of anilines is 1. The van der Waals surface area contributed by atoms with Crippen molar-refractivity contribution in [2.75, 3.05) is 18.0 Å². The maximum absolute atomic E-state index is 13.7. The number of aliphatic carboxylic acids is 1. The second kappa shape index (κ2) is 11.7. The molecule has 2 aliphatic heterocycles. The number of likely N-dealkylation sites (N-methyl/N-ethyl adjacent to an activating group) is 1. The third-order valence-electron chi connectivity index (χ3n) is 8.26. The Bertz CT molecular complexity index is 1810. The Hall–Kier alpha value is -3.47. The summed E-state index contributed by atoms with van der Waals surface area (Å²) < 4.78 is 2.26. The zero-order valence-electron chi connectivity index (χ0n) is 23.4. The largest absolute Gasteiger partial charge is 0.480 e. The van der Waals surface area contributed by atoms with Gasteiger partial charge >= 0.3 is 5.97 Å². The third-order valence-corrected chi connectivity index (χ3v) is 11.0. The average Bonchev–Trinajstić information content (AvgIpc) is 3.71. The number of nitrogens with zero attached hydrogens (tertiary/aromatic N) is 3. The van der Waals surface area contributed by atoms with Crippen molar-refractivity contribution in [2.45, 2.75) is 51.6 Å². The lowest BCUT2D eigenvalue weighted by atomic mass is 9.94. The number of thiazole rings is 1. The van der Waals surface area contributed by atoms with Gasteiger partial charge in [-0.3, -0.25) is 23.9 Å². The van der Waals surface area contributed by atoms with Crippen LogP contribution in [0.3, 0.4) is 0 Å². The summed E-state index contributed by atoms with van der Waals surface area (Å²) in [6.45, 7) is 4.91. The van der Waals surface area contributed by atoms with Gasteiger partial charge in [-0.25, -0.2) is 0 Å². The van der Waals surface area contributed by atoms with Crippen molar-refractivity contribution in [1.82, 2.24) is 9.47 Å². The fourth-order valence-electron chi connectivity index (χ4n) is 6.41. The standard InChI is InChI=1S/C32H31N3O4S3/c1-3-33-24-12-8-11-22(24)23-16-19(13-14-25(23)33)15-21(20-9-6-5-7-10-20)17-26-29(38)35(18-27(36)37)31(41-26)28-30(39)34(4-2)32(40)42-28/h5-7,9-10,13-17,22,24H,3-4,8,11-12,18H2,1-2H3,(H,36,37)/b21-15-,26-17+,31-28+. The van der Waals surface area contributed by atoms with E-state index in [2.05, 4.69) is 36.1 Å². The van der Waals surface area contributed by atoms with Crippen LogP contribution >= 0.6 is 35.3 Å². The first-order valence-corrected chi connectivity index (χ1v) is 16.2. The van der Waals surface area contributed by atoms with E-state index in [-0.39, 0.29) is 5.91 Å². The number of amides is 1. The average molecular weight is 618 g/mol. The van der Waals surface area contributed by atoms with Crippen LogP contribution in [0.2, 0.25) is 0 Å². The molecule has 2 aromatic carbocycles. The number of hydrogen-bond acceptors (Lipinski definition) is 7. The first kappa shape index (κ1) is 28.6. The van der Waals surface area contributed by atoms with Crippen molar-refractivity contribution in [2.24, 2.45) is 0 Å². The van der Waals surface area contributed by atoms with Crippen LogP contribution < -0.4 is 19.7 Å². The molecule has 3 aliphatic rings. The topological polar surface area (TPSA) is 82.9 Å². The van der Waals surface area contributed by atoms with Gasteiger partial charge in [-0.05, 0) is 73.2 Å². The van der Waals surface area contributed by atoms with Crippen molar-refractivity contribution in [3.8, 4) is 0 Å². The van der Waals surface area contributed by atoms with Gasteiger partial charge in [0, 0.05) is 30.7 Å². The Morgan fingerprint density at radius 2 is 1.88 bits per heavy atom. The van der Waals surface area contributed by atoms with Gasteiger partial charge in [-0.2, -0.15) is 0 Å². The molecule has 0 radical (unpaired) electrons. The van der Waals surface area contributed by atoms with Crippen molar-refractivity contribution in [3.05, 3.63) is 84.8 Å². The summed E-state index contributed by atoms with van der Waals surface area (Å²) in [5.41, 5.74) is 5.09. The molecule has 2 atom stereocenters. The smallest absolute Gasteiger partial charge is 0.323 e. The molecule has 1 amide bonds. The maximum Gasteiger partial charge on any atom is 0.323 e. The molecule has 1 saturated heterocycles. The molecule has 1 N–H and O–H groups in total. The molecule has 6 rings (SSSR count). The van der Waals surface area contributed by atoms with Crippen LogP contribution in [0.4, 0.5) is 5.69 Å². The number of carboxylic acid groups (broad SMARTS) is 1. The van der Waals surface area contributed by atoms with Gasteiger partial charge < -0.3 is 10.0 Å². The predicted octanol–water partition coefficient (Wildman–Crippen LogP) is 4.48. The number of allylic oxidation sites excluding steroid dienone is 1. The summed E-state index contributed by atoms with van der Waals surface area (Å²) in [4.78, 5) is 42.8. The quantitative estimate of drug-likeness (QED) is 0.309. The third kappa shape index (κ3) is 5.05. The number of hydrogen-bond donors (Lipinski definition) is 1. The Kier molecular flexibility index (Phi) is 7.95. The van der Waals surface area contributed by atoms with Crippen LogP contribution in [0.25, 0.3) is 22.6 Å². The Morgan fingerprint density at radius 1 is 1.10 bits per heavy atom. The summed E-state index contributed by atoms with van der Waals surface area (Å²) in [6.07, 6.45) is 7.58. The number of carboxylic acids is 1. The summed E-state index contributed by atoms with van der Waals surface area (Å²) in [5.74, 6) is -0.910. The molecule has 1 aliphatic carbocycles. The highest BCUT2D eigenvalue weighted by Gasteiger charge is 2.40. The molecule has 2 unspecified atom stereocenters. The minimum Gasteiger partial charge on any atom is -0.480 e. The normalized spacial score (nSPS) is 21.9. The second-order valence-electron chi connectivity index (χ2n) is 10.6. The zero-order chi connectivity index (χ0) is 29.5. The molecule has 1 aromatic heterocycles. The van der Waals surface area contributed by atoms with E-state index in [1.165, 1.54) is 40.0 Å². The van der Waals surface area contributed by atoms with E-state index < -0.39 is 18.1 Å². The van der Waals surface area contributed by atoms with E-state index >= 15 is 0 Å². The maximum atomic E-state index is 13.7. The lowest BCUT2D eigenvalue weighted by Gasteiger charge is -2.25. The van der Waals surface area contributed by atoms with E-state index in [0.29, 0.717) is 36.9 Å². The van der Waals surface area contributed by atoms with Crippen molar-refractivity contribution < 1.29 is 14.7 Å². The fourth-order valence-corrected chi connectivity index (χ4v) is 9.04. The van der Waals surface area contributed by atoms with Crippen molar-refractivity contribution in [3.63, 3.8) is 0 Å². The number of aromatic nitrogens is 1. The highest BCUT2D eigenvalue weighted by molar-refractivity contribution is 8.30. The Morgan fingerprint density at radius 3 is 2.57 bits per heavy atom. The van der Waals surface area contributed by atoms with E-state index in [4.69, 9.17) is 12.2 Å². The van der Waals surface area contributed by atoms with Crippen LogP contribution in [-0.2, 0) is 16.1 Å². The molecule has 216 valence electrons. The molecule has 3 heterocycles. The monoisotopic (exact) mass is 617 g/mol. The number of fused-ring (bicyclic) bond motifs is 3. The van der Waals surface area contributed by atoms with Crippen LogP contribution in [-0.4, -0.2) is 49.9 Å². The summed E-state index contributed by atoms with van der Waals surface area (Å²) in [5, 5.41) is 9.60. The first-order chi connectivity index (χ1) is 20.3. The van der Waals surface area contributed by atoms with Gasteiger partial charge in [-0.1, -0.05) is 66.8 Å². The molecule has 3 aromatic rings. The number of thioether (sulfide) groups is 1. The number of thiocarbonyl (C=S) groups is 1. The van der Waals surface area contributed by atoms with Gasteiger partial charge in [0.05, 0.1) is 4.53 Å². The SMILES string of the molecule is CCN1C(=O)/C(=c2\s/c(=C/C(=C/c3ccc4c(c3)C3CCCC3N4CC)c3ccccc3)c(=O)n2CC(=O)O)SC1=S. The van der Waals surface area contributed by atoms with Gasteiger partial charge in [0.2, 0.25) is 0 Å².